The molecule has 0 saturated carbocycles. The van der Waals surface area contributed by atoms with Crippen LogP contribution >= 0.6 is 15.9 Å². The Morgan fingerprint density at radius 1 is 1.00 bits per heavy atom. The molecule has 1 N–H and O–H groups in total. The van der Waals surface area contributed by atoms with Crippen LogP contribution in [0.2, 0.25) is 0 Å². The summed E-state index contributed by atoms with van der Waals surface area (Å²) in [4.78, 5) is 12.5. The van der Waals surface area contributed by atoms with Crippen molar-refractivity contribution in [2.75, 3.05) is 5.33 Å². The summed E-state index contributed by atoms with van der Waals surface area (Å²) < 4.78 is 2.01. The van der Waals surface area contributed by atoms with Gasteiger partial charge in [0.25, 0.3) is 0 Å². The minimum Gasteiger partial charge on any atom is -0.390 e. The zero-order chi connectivity index (χ0) is 14.1. The number of nitrogens with zero attached hydrogens (tertiary/aromatic N) is 1. The second-order valence-corrected chi connectivity index (χ2v) is 5.43. The Hall–Kier alpha value is -1.65. The Morgan fingerprint density at radius 3 is 2.00 bits per heavy atom. The molecule has 3 rings (SSSR count). The van der Waals surface area contributed by atoms with Crippen molar-refractivity contribution in [2.24, 2.45) is 0 Å². The van der Waals surface area contributed by atoms with Gasteiger partial charge in [0.1, 0.15) is 0 Å². The van der Waals surface area contributed by atoms with Crippen LogP contribution in [0.5, 0.6) is 0 Å². The smallest absolute Gasteiger partial charge is 0.197 e. The van der Waals surface area contributed by atoms with Crippen LogP contribution in [0.3, 0.4) is 0 Å². The van der Waals surface area contributed by atoms with Gasteiger partial charge in [-0.1, -0.05) is 40.2 Å². The van der Waals surface area contributed by atoms with Gasteiger partial charge in [0.2, 0.25) is 0 Å². The highest BCUT2D eigenvalue weighted by molar-refractivity contribution is 9.09. The Bertz CT molecular complexity index is 765. The highest BCUT2D eigenvalue weighted by Crippen LogP contribution is 2.19. The van der Waals surface area contributed by atoms with Gasteiger partial charge in [-0.25, -0.2) is 0 Å². The fraction of sp³-hybridized carbons (Fsp3) is 0.188. The zero-order valence-electron chi connectivity index (χ0n) is 10.8. The first-order valence-corrected chi connectivity index (χ1v) is 7.59. The van der Waals surface area contributed by atoms with Gasteiger partial charge in [0.15, 0.2) is 5.43 Å². The molecule has 4 heteroatoms. The molecule has 3 aromatic rings. The zero-order valence-corrected chi connectivity index (χ0v) is 12.4. The molecule has 0 bridgehead atoms. The van der Waals surface area contributed by atoms with Gasteiger partial charge >= 0.3 is 0 Å². The number of fused-ring (bicyclic) bond motifs is 2. The topological polar surface area (TPSA) is 42.2 Å². The molecule has 1 unspecified atom stereocenters. The van der Waals surface area contributed by atoms with Crippen molar-refractivity contribution in [2.45, 2.75) is 12.6 Å². The van der Waals surface area contributed by atoms with Gasteiger partial charge in [-0.05, 0) is 24.3 Å². The van der Waals surface area contributed by atoms with E-state index in [2.05, 4.69) is 15.9 Å². The maximum Gasteiger partial charge on any atom is 0.197 e. The number of hydrogen-bond donors (Lipinski definition) is 1. The van der Waals surface area contributed by atoms with Gasteiger partial charge in [0.05, 0.1) is 23.7 Å². The van der Waals surface area contributed by atoms with E-state index in [4.69, 9.17) is 0 Å². The summed E-state index contributed by atoms with van der Waals surface area (Å²) in [5.41, 5.74) is 1.76. The molecule has 1 heterocycles. The number of aromatic nitrogens is 1. The number of halogens is 1. The largest absolute Gasteiger partial charge is 0.390 e. The molecule has 0 aliphatic carbocycles. The molecule has 0 aliphatic rings. The summed E-state index contributed by atoms with van der Waals surface area (Å²) in [7, 11) is 0. The molecule has 0 aliphatic heterocycles. The van der Waals surface area contributed by atoms with Gasteiger partial charge in [-0.2, -0.15) is 0 Å². The fourth-order valence-corrected chi connectivity index (χ4v) is 2.74. The summed E-state index contributed by atoms with van der Waals surface area (Å²) in [6.45, 7) is 0.451. The molecule has 3 nitrogen and oxygen atoms in total. The number of hydrogen-bond acceptors (Lipinski definition) is 2. The Morgan fingerprint density at radius 2 is 1.50 bits per heavy atom. The SMILES string of the molecule is O=c1c2ccccc2n(CC(O)CBr)c2ccccc12. The van der Waals surface area contributed by atoms with Crippen LogP contribution in [-0.2, 0) is 6.54 Å². The third-order valence-corrected chi connectivity index (χ3v) is 4.20. The van der Waals surface area contributed by atoms with Crippen LogP contribution in [0.1, 0.15) is 0 Å². The molecule has 20 heavy (non-hydrogen) atoms. The molecule has 0 amide bonds. The minimum absolute atomic E-state index is 0.0424. The van der Waals surface area contributed by atoms with Crippen molar-refractivity contribution >= 4 is 37.7 Å². The second-order valence-electron chi connectivity index (χ2n) is 4.78. The molecule has 102 valence electrons. The van der Waals surface area contributed by atoms with Crippen LogP contribution in [0.4, 0.5) is 0 Å². The van der Waals surface area contributed by atoms with Crippen molar-refractivity contribution < 1.29 is 5.11 Å². The Kier molecular flexibility index (Phi) is 3.59. The number of aliphatic hydroxyl groups excluding tert-OH is 1. The molecule has 2 aromatic carbocycles. The average molecular weight is 332 g/mol. The first kappa shape index (κ1) is 13.3. The lowest BCUT2D eigenvalue weighted by molar-refractivity contribution is 0.182. The molecule has 0 saturated heterocycles. The van der Waals surface area contributed by atoms with E-state index in [0.29, 0.717) is 22.6 Å². The quantitative estimate of drug-likeness (QED) is 0.592. The van der Waals surface area contributed by atoms with E-state index in [1.165, 1.54) is 0 Å². The standard InChI is InChI=1S/C16H14BrNO2/c17-9-11(19)10-18-14-7-3-1-5-12(14)16(20)13-6-2-4-8-15(13)18/h1-8,11,19H,9-10H2. The maximum atomic E-state index is 12.5. The number of pyridine rings is 1. The molecule has 0 spiro atoms. The van der Waals surface area contributed by atoms with E-state index in [1.54, 1.807) is 0 Å². The number of benzene rings is 2. The predicted molar refractivity (Wildman–Crippen MR) is 85.5 cm³/mol. The van der Waals surface area contributed by atoms with Crippen molar-refractivity contribution in [3.63, 3.8) is 0 Å². The number of para-hydroxylation sites is 2. The third kappa shape index (κ3) is 2.15. The Labute approximate surface area is 124 Å². The highest BCUT2D eigenvalue weighted by atomic mass is 79.9. The molecular weight excluding hydrogens is 318 g/mol. The molecule has 0 fully saturated rings. The van der Waals surface area contributed by atoms with Gasteiger partial charge in [0, 0.05) is 16.1 Å². The third-order valence-electron chi connectivity index (χ3n) is 3.45. The molecule has 1 atom stereocenters. The second kappa shape index (κ2) is 5.38. The summed E-state index contributed by atoms with van der Waals surface area (Å²) in [5.74, 6) is 0. The first-order valence-electron chi connectivity index (χ1n) is 6.46. The minimum atomic E-state index is -0.496. The summed E-state index contributed by atoms with van der Waals surface area (Å²) in [6, 6.07) is 15.1. The molecule has 0 radical (unpaired) electrons. The summed E-state index contributed by atoms with van der Waals surface area (Å²) in [5, 5.41) is 11.8. The van der Waals surface area contributed by atoms with E-state index >= 15 is 0 Å². The lowest BCUT2D eigenvalue weighted by atomic mass is 10.1. The number of rotatable bonds is 3. The van der Waals surface area contributed by atoms with E-state index < -0.39 is 6.10 Å². The van der Waals surface area contributed by atoms with E-state index in [-0.39, 0.29) is 5.43 Å². The fourth-order valence-electron chi connectivity index (χ4n) is 2.53. The highest BCUT2D eigenvalue weighted by Gasteiger charge is 2.12. The van der Waals surface area contributed by atoms with Crippen LogP contribution in [0, 0.1) is 0 Å². The first-order chi connectivity index (χ1) is 9.72. The van der Waals surface area contributed by atoms with Gasteiger partial charge in [-0.15, -0.1) is 0 Å². The predicted octanol–water partition coefficient (Wildman–Crippen LogP) is 2.91. The van der Waals surface area contributed by atoms with E-state index in [9.17, 15) is 9.90 Å². The summed E-state index contributed by atoms with van der Waals surface area (Å²) >= 11 is 3.29. The summed E-state index contributed by atoms with van der Waals surface area (Å²) in [6.07, 6.45) is -0.496. The van der Waals surface area contributed by atoms with Crippen molar-refractivity contribution in [3.05, 3.63) is 58.8 Å². The maximum absolute atomic E-state index is 12.5. The van der Waals surface area contributed by atoms with Crippen molar-refractivity contribution in [1.29, 1.82) is 0 Å². The Balaban J connectivity index is 2.43. The average Bonchev–Trinajstić information content (AvgIpc) is 2.51. The normalized spacial score (nSPS) is 12.9. The van der Waals surface area contributed by atoms with E-state index in [0.717, 1.165) is 11.0 Å². The van der Waals surface area contributed by atoms with E-state index in [1.807, 2.05) is 53.1 Å². The van der Waals surface area contributed by atoms with Crippen molar-refractivity contribution in [1.82, 2.24) is 4.57 Å². The van der Waals surface area contributed by atoms with Crippen LogP contribution in [0.15, 0.2) is 53.3 Å². The number of alkyl halides is 1. The van der Waals surface area contributed by atoms with Crippen molar-refractivity contribution in [3.8, 4) is 0 Å². The van der Waals surface area contributed by atoms with Crippen LogP contribution in [0.25, 0.3) is 21.8 Å². The lowest BCUT2D eigenvalue weighted by Crippen LogP contribution is -2.20. The molecular formula is C16H14BrNO2. The number of aliphatic hydroxyl groups is 1. The lowest BCUT2D eigenvalue weighted by Gasteiger charge is -2.17. The van der Waals surface area contributed by atoms with Crippen LogP contribution < -0.4 is 5.43 Å². The van der Waals surface area contributed by atoms with Gasteiger partial charge < -0.3 is 9.67 Å². The van der Waals surface area contributed by atoms with Crippen LogP contribution in [-0.4, -0.2) is 21.1 Å². The van der Waals surface area contributed by atoms with Gasteiger partial charge in [-0.3, -0.25) is 4.79 Å². The molecule has 1 aromatic heterocycles. The monoisotopic (exact) mass is 331 g/mol.